The number of halogens is 2. The summed E-state index contributed by atoms with van der Waals surface area (Å²) in [6, 6.07) is 0.546. The Labute approximate surface area is 120 Å². The Kier molecular flexibility index (Phi) is 6.04. The third-order valence-corrected chi connectivity index (χ3v) is 2.68. The zero-order chi connectivity index (χ0) is 16.0. The van der Waals surface area contributed by atoms with E-state index < -0.39 is 29.5 Å². The number of carbonyl (C=O) groups is 2. The number of hydrogen-bond acceptors (Lipinski definition) is 4. The molecule has 1 aromatic carbocycles. The third kappa shape index (κ3) is 4.67. The molecule has 8 heteroatoms. The van der Waals surface area contributed by atoms with E-state index in [0.29, 0.717) is 25.3 Å². The van der Waals surface area contributed by atoms with Crippen LogP contribution in [0.3, 0.4) is 0 Å². The minimum Gasteiger partial charge on any atom is -0.398 e. The third-order valence-electron chi connectivity index (χ3n) is 2.68. The van der Waals surface area contributed by atoms with Crippen molar-refractivity contribution in [3.63, 3.8) is 0 Å². The second-order valence-electron chi connectivity index (χ2n) is 4.33. The number of amides is 2. The Morgan fingerprint density at radius 2 is 1.95 bits per heavy atom. The highest BCUT2D eigenvalue weighted by Crippen LogP contribution is 2.17. The zero-order valence-corrected chi connectivity index (χ0v) is 11.7. The van der Waals surface area contributed by atoms with Gasteiger partial charge in [-0.2, -0.15) is 0 Å². The smallest absolute Gasteiger partial charge is 0.254 e. The summed E-state index contributed by atoms with van der Waals surface area (Å²) in [4.78, 5) is 23.5. The van der Waals surface area contributed by atoms with Crippen molar-refractivity contribution in [2.75, 3.05) is 26.0 Å². The molecular formula is C13H17F2N3O3. The van der Waals surface area contributed by atoms with E-state index in [1.807, 2.05) is 0 Å². The van der Waals surface area contributed by atoms with E-state index in [1.54, 1.807) is 0 Å². The lowest BCUT2D eigenvalue weighted by atomic mass is 10.1. The van der Waals surface area contributed by atoms with Crippen molar-refractivity contribution in [2.45, 2.75) is 13.0 Å². The number of ether oxygens (including phenoxy) is 1. The number of rotatable bonds is 6. The van der Waals surface area contributed by atoms with Gasteiger partial charge in [-0.1, -0.05) is 0 Å². The van der Waals surface area contributed by atoms with E-state index in [0.717, 1.165) is 0 Å². The SMILES string of the molecule is COCCNC(=O)C(C)NC(=O)c1cc(F)c(F)cc1N. The summed E-state index contributed by atoms with van der Waals surface area (Å²) in [7, 11) is 1.49. The molecule has 1 aromatic rings. The molecule has 0 saturated carbocycles. The summed E-state index contributed by atoms with van der Waals surface area (Å²) >= 11 is 0. The molecule has 0 aliphatic heterocycles. The minimum atomic E-state index is -1.19. The van der Waals surface area contributed by atoms with Crippen molar-refractivity contribution in [1.29, 1.82) is 0 Å². The molecule has 0 saturated heterocycles. The number of anilines is 1. The average Bonchev–Trinajstić information content (AvgIpc) is 2.42. The fourth-order valence-corrected chi connectivity index (χ4v) is 1.53. The first-order valence-electron chi connectivity index (χ1n) is 6.18. The lowest BCUT2D eigenvalue weighted by Crippen LogP contribution is -2.45. The maximum absolute atomic E-state index is 13.1. The molecule has 1 unspecified atom stereocenters. The van der Waals surface area contributed by atoms with Crippen LogP contribution >= 0.6 is 0 Å². The highest BCUT2D eigenvalue weighted by atomic mass is 19.2. The Bertz CT molecular complexity index is 538. The molecule has 0 aliphatic rings. The van der Waals surface area contributed by atoms with Gasteiger partial charge in [-0.3, -0.25) is 9.59 Å². The molecule has 4 N–H and O–H groups in total. The second-order valence-corrected chi connectivity index (χ2v) is 4.33. The molecule has 0 radical (unpaired) electrons. The van der Waals surface area contributed by atoms with Crippen LogP contribution in [0.5, 0.6) is 0 Å². The van der Waals surface area contributed by atoms with Crippen molar-refractivity contribution in [1.82, 2.24) is 10.6 Å². The van der Waals surface area contributed by atoms with E-state index in [9.17, 15) is 18.4 Å². The molecule has 1 atom stereocenters. The predicted molar refractivity (Wildman–Crippen MR) is 72.6 cm³/mol. The fourth-order valence-electron chi connectivity index (χ4n) is 1.53. The quantitative estimate of drug-likeness (QED) is 0.524. The van der Waals surface area contributed by atoms with Crippen molar-refractivity contribution < 1.29 is 23.1 Å². The molecule has 0 fully saturated rings. The van der Waals surface area contributed by atoms with Gasteiger partial charge in [0.15, 0.2) is 11.6 Å². The van der Waals surface area contributed by atoms with E-state index in [-0.39, 0.29) is 11.3 Å². The molecule has 2 amide bonds. The largest absolute Gasteiger partial charge is 0.398 e. The van der Waals surface area contributed by atoms with Gasteiger partial charge in [-0.15, -0.1) is 0 Å². The molecule has 0 bridgehead atoms. The topological polar surface area (TPSA) is 93.5 Å². The number of carbonyl (C=O) groups excluding carboxylic acids is 2. The van der Waals surface area contributed by atoms with Crippen LogP contribution in [-0.4, -0.2) is 38.1 Å². The number of hydrogen-bond donors (Lipinski definition) is 3. The molecule has 21 heavy (non-hydrogen) atoms. The van der Waals surface area contributed by atoms with Crippen LogP contribution in [0.1, 0.15) is 17.3 Å². The summed E-state index contributed by atoms with van der Waals surface area (Å²) in [6.45, 7) is 2.08. The van der Waals surface area contributed by atoms with Crippen LogP contribution in [-0.2, 0) is 9.53 Å². The van der Waals surface area contributed by atoms with Gasteiger partial charge in [-0.05, 0) is 13.0 Å². The molecule has 0 spiro atoms. The maximum Gasteiger partial charge on any atom is 0.254 e. The van der Waals surface area contributed by atoms with Gasteiger partial charge in [-0.25, -0.2) is 8.78 Å². The molecule has 6 nitrogen and oxygen atoms in total. The number of benzene rings is 1. The highest BCUT2D eigenvalue weighted by molar-refractivity contribution is 6.01. The number of methoxy groups -OCH3 is 1. The highest BCUT2D eigenvalue weighted by Gasteiger charge is 2.19. The molecule has 116 valence electrons. The van der Waals surface area contributed by atoms with Crippen molar-refractivity contribution in [3.05, 3.63) is 29.3 Å². The molecule has 0 aromatic heterocycles. The summed E-state index contributed by atoms with van der Waals surface area (Å²) in [5.41, 5.74) is 5.02. The first kappa shape index (κ1) is 16.8. The molecule has 0 aliphatic carbocycles. The maximum atomic E-state index is 13.1. The second kappa shape index (κ2) is 7.53. The summed E-state index contributed by atoms with van der Waals surface area (Å²) in [5, 5.41) is 4.88. The fraction of sp³-hybridized carbons (Fsp3) is 0.385. The van der Waals surface area contributed by atoms with E-state index in [4.69, 9.17) is 10.5 Å². The molecule has 1 rings (SSSR count). The number of nitrogens with one attached hydrogen (secondary N) is 2. The monoisotopic (exact) mass is 301 g/mol. The number of nitrogens with two attached hydrogens (primary N) is 1. The van der Waals surface area contributed by atoms with Gasteiger partial charge >= 0.3 is 0 Å². The Hall–Kier alpha value is -2.22. The Morgan fingerprint density at radius 1 is 1.33 bits per heavy atom. The van der Waals surface area contributed by atoms with Crippen LogP contribution in [0.4, 0.5) is 14.5 Å². The first-order valence-corrected chi connectivity index (χ1v) is 6.18. The van der Waals surface area contributed by atoms with Crippen molar-refractivity contribution in [2.24, 2.45) is 0 Å². The van der Waals surface area contributed by atoms with Gasteiger partial charge in [0, 0.05) is 25.4 Å². The Morgan fingerprint density at radius 3 is 2.57 bits per heavy atom. The lowest BCUT2D eigenvalue weighted by molar-refractivity contribution is -0.122. The van der Waals surface area contributed by atoms with Crippen molar-refractivity contribution in [3.8, 4) is 0 Å². The van der Waals surface area contributed by atoms with Crippen LogP contribution in [0.25, 0.3) is 0 Å². The van der Waals surface area contributed by atoms with Crippen molar-refractivity contribution >= 4 is 17.5 Å². The summed E-state index contributed by atoms with van der Waals surface area (Å²) < 4.78 is 30.8. The first-order chi connectivity index (χ1) is 9.86. The average molecular weight is 301 g/mol. The minimum absolute atomic E-state index is 0.210. The van der Waals surface area contributed by atoms with E-state index >= 15 is 0 Å². The summed E-state index contributed by atoms with van der Waals surface area (Å²) in [6.07, 6.45) is 0. The summed E-state index contributed by atoms with van der Waals surface area (Å²) in [5.74, 6) is -3.52. The number of nitrogen functional groups attached to an aromatic ring is 1. The van der Waals surface area contributed by atoms with Crippen LogP contribution in [0.2, 0.25) is 0 Å². The van der Waals surface area contributed by atoms with E-state index in [2.05, 4.69) is 10.6 Å². The van der Waals surface area contributed by atoms with Crippen LogP contribution in [0, 0.1) is 11.6 Å². The lowest BCUT2D eigenvalue weighted by Gasteiger charge is -2.15. The van der Waals surface area contributed by atoms with Crippen LogP contribution in [0.15, 0.2) is 12.1 Å². The molecule has 0 heterocycles. The van der Waals surface area contributed by atoms with Gasteiger partial charge in [0.05, 0.1) is 12.2 Å². The standard InChI is InChI=1S/C13H17F2N3O3/c1-7(12(19)17-3-4-21-2)18-13(20)8-5-9(14)10(15)6-11(8)16/h5-7H,3-4,16H2,1-2H3,(H,17,19)(H,18,20). The zero-order valence-electron chi connectivity index (χ0n) is 11.7. The van der Waals surface area contributed by atoms with Gasteiger partial charge in [0.25, 0.3) is 5.91 Å². The normalized spacial score (nSPS) is 11.8. The van der Waals surface area contributed by atoms with Crippen LogP contribution < -0.4 is 16.4 Å². The van der Waals surface area contributed by atoms with E-state index in [1.165, 1.54) is 14.0 Å². The predicted octanol–water partition coefficient (Wildman–Crippen LogP) is 0.428. The molecular weight excluding hydrogens is 284 g/mol. The van der Waals surface area contributed by atoms with Gasteiger partial charge in [0.2, 0.25) is 5.91 Å². The van der Waals surface area contributed by atoms with Gasteiger partial charge in [0.1, 0.15) is 6.04 Å². The van der Waals surface area contributed by atoms with Gasteiger partial charge < -0.3 is 21.1 Å². The Balaban J connectivity index is 2.68.